The maximum absolute atomic E-state index is 12.8. The lowest BCUT2D eigenvalue weighted by Crippen LogP contribution is -2.44. The first-order valence-electron chi connectivity index (χ1n) is 8.96. The second-order valence-corrected chi connectivity index (χ2v) is 9.70. The number of hydrogen-bond acceptors (Lipinski definition) is 5. The first-order valence-corrected chi connectivity index (χ1v) is 10.5. The summed E-state index contributed by atoms with van der Waals surface area (Å²) in [6.07, 6.45) is 2.28. The fraction of sp³-hybridized carbons (Fsp3) is 0.667. The fourth-order valence-corrected chi connectivity index (χ4v) is 4.71. The molecule has 134 valence electrons. The highest BCUT2D eigenvalue weighted by Crippen LogP contribution is 2.34. The van der Waals surface area contributed by atoms with Gasteiger partial charge in [0.15, 0.2) is 9.84 Å². The molecule has 2 fully saturated rings. The van der Waals surface area contributed by atoms with Crippen molar-refractivity contribution in [3.8, 4) is 0 Å². The van der Waals surface area contributed by atoms with E-state index in [2.05, 4.69) is 27.8 Å². The number of rotatable bonds is 4. The SMILES string of the molecule is CC(C)S(=O)(=O)c1ccc(N2CCN(C)CC2)cc1N1CCCC1. The van der Waals surface area contributed by atoms with Crippen molar-refractivity contribution >= 4 is 21.2 Å². The Hall–Kier alpha value is -1.27. The number of nitrogens with zero attached hydrogens (tertiary/aromatic N) is 3. The topological polar surface area (TPSA) is 43.9 Å². The monoisotopic (exact) mass is 351 g/mol. The highest BCUT2D eigenvalue weighted by atomic mass is 32.2. The summed E-state index contributed by atoms with van der Waals surface area (Å²) in [5.74, 6) is 0. The number of likely N-dealkylation sites (N-methyl/N-ethyl adjacent to an activating group) is 1. The Kier molecular flexibility index (Phi) is 5.06. The van der Waals surface area contributed by atoms with Crippen LogP contribution in [-0.4, -0.2) is 64.9 Å². The third kappa shape index (κ3) is 3.40. The molecule has 0 amide bonds. The van der Waals surface area contributed by atoms with E-state index in [9.17, 15) is 8.42 Å². The molecule has 0 aliphatic carbocycles. The number of sulfone groups is 1. The molecule has 1 aromatic rings. The molecule has 2 aliphatic rings. The molecule has 1 aromatic carbocycles. The van der Waals surface area contributed by atoms with Gasteiger partial charge in [-0.25, -0.2) is 8.42 Å². The van der Waals surface area contributed by atoms with Gasteiger partial charge in [-0.05, 0) is 51.9 Å². The van der Waals surface area contributed by atoms with E-state index in [0.717, 1.165) is 63.5 Å². The zero-order valence-corrected chi connectivity index (χ0v) is 15.8. The Labute approximate surface area is 146 Å². The van der Waals surface area contributed by atoms with Gasteiger partial charge in [0.05, 0.1) is 15.8 Å². The molecule has 0 spiro atoms. The van der Waals surface area contributed by atoms with Gasteiger partial charge in [0, 0.05) is 45.0 Å². The lowest BCUT2D eigenvalue weighted by atomic mass is 10.2. The fourth-order valence-electron chi connectivity index (χ4n) is 3.47. The van der Waals surface area contributed by atoms with Gasteiger partial charge in [-0.1, -0.05) is 0 Å². The van der Waals surface area contributed by atoms with Crippen LogP contribution in [-0.2, 0) is 9.84 Å². The molecule has 0 saturated carbocycles. The van der Waals surface area contributed by atoms with Gasteiger partial charge in [0.1, 0.15) is 0 Å². The van der Waals surface area contributed by atoms with E-state index in [0.29, 0.717) is 4.90 Å². The van der Waals surface area contributed by atoms with Crippen LogP contribution >= 0.6 is 0 Å². The van der Waals surface area contributed by atoms with Crippen molar-refractivity contribution in [1.82, 2.24) is 4.90 Å². The van der Waals surface area contributed by atoms with Crippen molar-refractivity contribution in [2.75, 3.05) is 56.1 Å². The van der Waals surface area contributed by atoms with Gasteiger partial charge in [-0.2, -0.15) is 0 Å². The van der Waals surface area contributed by atoms with Crippen molar-refractivity contribution in [2.24, 2.45) is 0 Å². The highest BCUT2D eigenvalue weighted by Gasteiger charge is 2.27. The van der Waals surface area contributed by atoms with Gasteiger partial charge < -0.3 is 14.7 Å². The first-order chi connectivity index (χ1) is 11.4. The molecule has 0 N–H and O–H groups in total. The Morgan fingerprint density at radius 2 is 1.54 bits per heavy atom. The maximum atomic E-state index is 12.8. The summed E-state index contributed by atoms with van der Waals surface area (Å²) in [4.78, 5) is 7.44. The van der Waals surface area contributed by atoms with E-state index < -0.39 is 15.1 Å². The number of hydrogen-bond donors (Lipinski definition) is 0. The molecule has 3 rings (SSSR count). The van der Waals surface area contributed by atoms with Crippen LogP contribution < -0.4 is 9.80 Å². The lowest BCUT2D eigenvalue weighted by molar-refractivity contribution is 0.313. The molecule has 2 heterocycles. The summed E-state index contributed by atoms with van der Waals surface area (Å²) < 4.78 is 25.6. The first kappa shape index (κ1) is 17.5. The van der Waals surface area contributed by atoms with Gasteiger partial charge in [-0.15, -0.1) is 0 Å². The zero-order chi connectivity index (χ0) is 17.3. The summed E-state index contributed by atoms with van der Waals surface area (Å²) in [7, 11) is -1.13. The molecule has 0 unspecified atom stereocenters. The van der Waals surface area contributed by atoms with Crippen molar-refractivity contribution in [2.45, 2.75) is 36.8 Å². The van der Waals surface area contributed by atoms with Crippen LogP contribution in [0.5, 0.6) is 0 Å². The van der Waals surface area contributed by atoms with Gasteiger partial charge in [-0.3, -0.25) is 0 Å². The third-order valence-electron chi connectivity index (χ3n) is 5.18. The molecule has 2 aliphatic heterocycles. The van der Waals surface area contributed by atoms with Gasteiger partial charge >= 0.3 is 0 Å². The van der Waals surface area contributed by atoms with Crippen molar-refractivity contribution in [3.63, 3.8) is 0 Å². The Balaban J connectivity index is 1.98. The molecular weight excluding hydrogens is 322 g/mol. The lowest BCUT2D eigenvalue weighted by Gasteiger charge is -2.35. The number of anilines is 2. The average molecular weight is 352 g/mol. The average Bonchev–Trinajstić information content (AvgIpc) is 3.09. The summed E-state index contributed by atoms with van der Waals surface area (Å²) in [6, 6.07) is 5.92. The van der Waals surface area contributed by atoms with Crippen molar-refractivity contribution in [1.29, 1.82) is 0 Å². The number of piperazine rings is 1. The molecule has 0 radical (unpaired) electrons. The van der Waals surface area contributed by atoms with Gasteiger partial charge in [0.2, 0.25) is 0 Å². The van der Waals surface area contributed by atoms with Crippen molar-refractivity contribution < 1.29 is 8.42 Å². The second kappa shape index (κ2) is 6.92. The molecule has 0 aromatic heterocycles. The Bertz CT molecular complexity index is 674. The molecule has 24 heavy (non-hydrogen) atoms. The predicted octanol–water partition coefficient (Wildman–Crippen LogP) is 2.22. The third-order valence-corrected chi connectivity index (χ3v) is 7.38. The predicted molar refractivity (Wildman–Crippen MR) is 99.9 cm³/mol. The molecule has 6 heteroatoms. The second-order valence-electron chi connectivity index (χ2n) is 7.23. The van der Waals surface area contributed by atoms with Crippen LogP contribution in [0.25, 0.3) is 0 Å². The summed E-state index contributed by atoms with van der Waals surface area (Å²) in [5, 5.41) is -0.395. The molecule has 2 saturated heterocycles. The van der Waals surface area contributed by atoms with Crippen LogP contribution in [0.4, 0.5) is 11.4 Å². The summed E-state index contributed by atoms with van der Waals surface area (Å²) in [6.45, 7) is 9.50. The summed E-state index contributed by atoms with van der Waals surface area (Å²) >= 11 is 0. The quantitative estimate of drug-likeness (QED) is 0.832. The van der Waals surface area contributed by atoms with Crippen LogP contribution in [0.1, 0.15) is 26.7 Å². The van der Waals surface area contributed by atoms with E-state index in [1.54, 1.807) is 13.8 Å². The molecule has 0 atom stereocenters. The highest BCUT2D eigenvalue weighted by molar-refractivity contribution is 7.92. The minimum atomic E-state index is -3.27. The molecule has 0 bridgehead atoms. The summed E-state index contributed by atoms with van der Waals surface area (Å²) in [5.41, 5.74) is 2.05. The molecule has 5 nitrogen and oxygen atoms in total. The van der Waals surface area contributed by atoms with Crippen LogP contribution in [0.2, 0.25) is 0 Å². The van der Waals surface area contributed by atoms with Crippen molar-refractivity contribution in [3.05, 3.63) is 18.2 Å². The van der Waals surface area contributed by atoms with E-state index in [-0.39, 0.29) is 0 Å². The zero-order valence-electron chi connectivity index (χ0n) is 15.0. The van der Waals surface area contributed by atoms with Crippen LogP contribution in [0.15, 0.2) is 23.1 Å². The minimum Gasteiger partial charge on any atom is -0.370 e. The smallest absolute Gasteiger partial charge is 0.182 e. The standard InChI is InChI=1S/C18H29N3O2S/c1-15(2)24(22,23)18-7-6-16(20-12-10-19(3)11-13-20)14-17(18)21-8-4-5-9-21/h6-7,14-15H,4-5,8-13H2,1-3H3. The Morgan fingerprint density at radius 1 is 0.917 bits per heavy atom. The maximum Gasteiger partial charge on any atom is 0.182 e. The van der Waals surface area contributed by atoms with Crippen LogP contribution in [0.3, 0.4) is 0 Å². The normalized spacial score (nSPS) is 20.2. The number of benzene rings is 1. The van der Waals surface area contributed by atoms with E-state index in [4.69, 9.17) is 0 Å². The Morgan fingerprint density at radius 3 is 2.12 bits per heavy atom. The largest absolute Gasteiger partial charge is 0.370 e. The van der Waals surface area contributed by atoms with Gasteiger partial charge in [0.25, 0.3) is 0 Å². The van der Waals surface area contributed by atoms with Crippen LogP contribution in [0, 0.1) is 0 Å². The van der Waals surface area contributed by atoms with E-state index >= 15 is 0 Å². The minimum absolute atomic E-state index is 0.395. The van der Waals surface area contributed by atoms with E-state index in [1.165, 1.54) is 0 Å². The van der Waals surface area contributed by atoms with E-state index in [1.807, 2.05) is 12.1 Å². The molecular formula is C18H29N3O2S.